The fourth-order valence-corrected chi connectivity index (χ4v) is 3.36. The highest BCUT2D eigenvalue weighted by Crippen LogP contribution is 2.26. The molecule has 1 amide bonds. The minimum absolute atomic E-state index is 0.0305. The van der Waals surface area contributed by atoms with Gasteiger partial charge in [-0.25, -0.2) is 9.37 Å². The molecule has 3 aromatic rings. The van der Waals surface area contributed by atoms with E-state index in [4.69, 9.17) is 4.42 Å². The summed E-state index contributed by atoms with van der Waals surface area (Å²) in [6.07, 6.45) is 3.68. The summed E-state index contributed by atoms with van der Waals surface area (Å²) in [7, 11) is 0. The number of aromatic nitrogens is 2. The van der Waals surface area contributed by atoms with Gasteiger partial charge in [0.2, 0.25) is 0 Å². The predicted octanol–water partition coefficient (Wildman–Crippen LogP) is 3.13. The second-order valence-electron chi connectivity index (χ2n) is 6.36. The second-order valence-corrected chi connectivity index (χ2v) is 6.36. The molecule has 1 N–H and O–H groups in total. The number of benzene rings is 1. The molecule has 0 spiro atoms. The molecule has 1 aliphatic heterocycles. The summed E-state index contributed by atoms with van der Waals surface area (Å²) in [4.78, 5) is 17.1. The number of carbonyl (C=O) groups is 1. The fraction of sp³-hybridized carbons (Fsp3) is 0.333. The molecule has 4 rings (SSSR count). The molecule has 0 bridgehead atoms. The minimum Gasteiger partial charge on any atom is -0.451 e. The average Bonchev–Trinajstić information content (AvgIpc) is 3.06. The summed E-state index contributed by atoms with van der Waals surface area (Å²) in [5, 5.41) is 3.66. The van der Waals surface area contributed by atoms with Crippen LogP contribution in [0, 0.1) is 19.7 Å². The van der Waals surface area contributed by atoms with Crippen molar-refractivity contribution in [3.8, 4) is 0 Å². The van der Waals surface area contributed by atoms with E-state index in [1.165, 1.54) is 12.1 Å². The number of aryl methyl sites for hydroxylation is 3. The van der Waals surface area contributed by atoms with Crippen LogP contribution in [0.15, 0.2) is 28.8 Å². The van der Waals surface area contributed by atoms with E-state index in [0.717, 1.165) is 24.4 Å². The van der Waals surface area contributed by atoms with Gasteiger partial charge >= 0.3 is 0 Å². The fourth-order valence-electron chi connectivity index (χ4n) is 3.36. The highest BCUT2D eigenvalue weighted by atomic mass is 19.1. The zero-order valence-electron chi connectivity index (χ0n) is 13.6. The number of fused-ring (bicyclic) bond motifs is 2. The Morgan fingerprint density at radius 1 is 1.42 bits per heavy atom. The molecule has 0 radical (unpaired) electrons. The first kappa shape index (κ1) is 14.9. The molecule has 6 heteroatoms. The summed E-state index contributed by atoms with van der Waals surface area (Å²) < 4.78 is 21.1. The summed E-state index contributed by atoms with van der Waals surface area (Å²) in [6.45, 7) is 4.45. The van der Waals surface area contributed by atoms with E-state index in [9.17, 15) is 9.18 Å². The lowest BCUT2D eigenvalue weighted by Gasteiger charge is -2.24. The van der Waals surface area contributed by atoms with Crippen LogP contribution in [0.3, 0.4) is 0 Å². The second kappa shape index (κ2) is 5.47. The summed E-state index contributed by atoms with van der Waals surface area (Å²) in [5.41, 5.74) is 2.18. The van der Waals surface area contributed by atoms with Crippen LogP contribution in [0.25, 0.3) is 11.0 Å². The number of hydrogen-bond acceptors (Lipinski definition) is 3. The van der Waals surface area contributed by atoms with Crippen molar-refractivity contribution in [1.29, 1.82) is 0 Å². The van der Waals surface area contributed by atoms with Crippen molar-refractivity contribution in [2.45, 2.75) is 39.3 Å². The SMILES string of the molecule is Cc1cn2c(n1)CC[C@H](NC(=O)c1oc3ccc(F)cc3c1C)C2. The third kappa shape index (κ3) is 2.48. The number of halogens is 1. The van der Waals surface area contributed by atoms with E-state index in [0.29, 0.717) is 23.1 Å². The smallest absolute Gasteiger partial charge is 0.287 e. The van der Waals surface area contributed by atoms with Crippen LogP contribution in [-0.2, 0) is 13.0 Å². The lowest BCUT2D eigenvalue weighted by molar-refractivity contribution is 0.0900. The molecule has 0 fully saturated rings. The van der Waals surface area contributed by atoms with Gasteiger partial charge in [0.15, 0.2) is 5.76 Å². The number of imidazole rings is 1. The van der Waals surface area contributed by atoms with Crippen molar-refractivity contribution in [2.75, 3.05) is 0 Å². The standard InChI is InChI=1S/C18H18FN3O2/c1-10-8-22-9-13(4-6-16(22)20-10)21-18(23)17-11(2)14-7-12(19)3-5-15(14)24-17/h3,5,7-8,13H,4,6,9H2,1-2H3,(H,21,23)/t13-/m0/s1. The molecular weight excluding hydrogens is 309 g/mol. The van der Waals surface area contributed by atoms with Gasteiger partial charge in [-0.1, -0.05) is 0 Å². The van der Waals surface area contributed by atoms with Gasteiger partial charge in [0.1, 0.15) is 17.2 Å². The Kier molecular flexibility index (Phi) is 3.40. The summed E-state index contributed by atoms with van der Waals surface area (Å²) in [6, 6.07) is 4.31. The molecule has 24 heavy (non-hydrogen) atoms. The summed E-state index contributed by atoms with van der Waals surface area (Å²) >= 11 is 0. The van der Waals surface area contributed by atoms with Crippen molar-refractivity contribution in [3.63, 3.8) is 0 Å². The van der Waals surface area contributed by atoms with Crippen molar-refractivity contribution in [1.82, 2.24) is 14.9 Å². The maximum Gasteiger partial charge on any atom is 0.287 e. The molecule has 1 atom stereocenters. The van der Waals surface area contributed by atoms with Crippen LogP contribution in [0.1, 0.15) is 34.1 Å². The maximum atomic E-state index is 13.4. The Hall–Kier alpha value is -2.63. The molecule has 124 valence electrons. The van der Waals surface area contributed by atoms with Crippen LogP contribution < -0.4 is 5.32 Å². The van der Waals surface area contributed by atoms with Crippen LogP contribution in [-0.4, -0.2) is 21.5 Å². The van der Waals surface area contributed by atoms with Crippen molar-refractivity contribution in [2.24, 2.45) is 0 Å². The van der Waals surface area contributed by atoms with Gasteiger partial charge in [-0.3, -0.25) is 4.79 Å². The van der Waals surface area contributed by atoms with Gasteiger partial charge in [0.05, 0.1) is 5.69 Å². The zero-order chi connectivity index (χ0) is 16.8. The highest BCUT2D eigenvalue weighted by molar-refractivity contribution is 5.99. The normalized spacial score (nSPS) is 17.0. The number of nitrogens with one attached hydrogen (secondary N) is 1. The molecule has 0 unspecified atom stereocenters. The number of rotatable bonds is 2. The Balaban J connectivity index is 1.56. The molecule has 0 saturated heterocycles. The Morgan fingerprint density at radius 2 is 2.25 bits per heavy atom. The first-order valence-electron chi connectivity index (χ1n) is 8.03. The molecule has 5 nitrogen and oxygen atoms in total. The molecular formula is C18H18FN3O2. The summed E-state index contributed by atoms with van der Waals surface area (Å²) in [5.74, 6) is 0.722. The highest BCUT2D eigenvalue weighted by Gasteiger charge is 2.24. The first-order valence-corrected chi connectivity index (χ1v) is 8.03. The minimum atomic E-state index is -0.339. The van der Waals surface area contributed by atoms with Gasteiger partial charge in [0, 0.05) is 36.2 Å². The van der Waals surface area contributed by atoms with Gasteiger partial charge in [-0.15, -0.1) is 0 Å². The lowest BCUT2D eigenvalue weighted by atomic mass is 10.1. The Bertz CT molecular complexity index is 941. The Morgan fingerprint density at radius 3 is 3.08 bits per heavy atom. The van der Waals surface area contributed by atoms with E-state index in [2.05, 4.69) is 14.9 Å². The van der Waals surface area contributed by atoms with Gasteiger partial charge in [-0.2, -0.15) is 0 Å². The van der Waals surface area contributed by atoms with E-state index in [-0.39, 0.29) is 23.5 Å². The van der Waals surface area contributed by atoms with Crippen LogP contribution >= 0.6 is 0 Å². The number of nitrogens with zero attached hydrogens (tertiary/aromatic N) is 2. The van der Waals surface area contributed by atoms with Crippen LogP contribution in [0.2, 0.25) is 0 Å². The van der Waals surface area contributed by atoms with Gasteiger partial charge in [-0.05, 0) is 38.5 Å². The molecule has 3 heterocycles. The topological polar surface area (TPSA) is 60.1 Å². The first-order chi connectivity index (χ1) is 11.5. The molecule has 1 aliphatic rings. The van der Waals surface area contributed by atoms with E-state index in [1.54, 1.807) is 13.0 Å². The lowest BCUT2D eigenvalue weighted by Crippen LogP contribution is -2.40. The van der Waals surface area contributed by atoms with Crippen LogP contribution in [0.5, 0.6) is 0 Å². The Labute approximate surface area is 138 Å². The van der Waals surface area contributed by atoms with E-state index < -0.39 is 0 Å². The van der Waals surface area contributed by atoms with Gasteiger partial charge < -0.3 is 14.3 Å². The average molecular weight is 327 g/mol. The number of furan rings is 1. The zero-order valence-corrected chi connectivity index (χ0v) is 13.6. The number of carbonyl (C=O) groups excluding carboxylic acids is 1. The molecule has 0 saturated carbocycles. The van der Waals surface area contributed by atoms with Crippen molar-refractivity contribution >= 4 is 16.9 Å². The predicted molar refractivity (Wildman–Crippen MR) is 87.4 cm³/mol. The maximum absolute atomic E-state index is 13.4. The van der Waals surface area contributed by atoms with E-state index in [1.807, 2.05) is 13.1 Å². The number of amides is 1. The largest absolute Gasteiger partial charge is 0.451 e. The van der Waals surface area contributed by atoms with Gasteiger partial charge in [0.25, 0.3) is 5.91 Å². The molecule has 2 aromatic heterocycles. The third-order valence-corrected chi connectivity index (χ3v) is 4.55. The third-order valence-electron chi connectivity index (χ3n) is 4.55. The monoisotopic (exact) mass is 327 g/mol. The van der Waals surface area contributed by atoms with E-state index >= 15 is 0 Å². The van der Waals surface area contributed by atoms with Crippen LogP contribution in [0.4, 0.5) is 4.39 Å². The van der Waals surface area contributed by atoms with Crippen molar-refractivity contribution in [3.05, 3.63) is 53.1 Å². The number of hydrogen-bond donors (Lipinski definition) is 1. The molecule has 1 aromatic carbocycles. The quantitative estimate of drug-likeness (QED) is 0.787. The molecule has 0 aliphatic carbocycles. The van der Waals surface area contributed by atoms with Crippen molar-refractivity contribution < 1.29 is 13.6 Å².